The van der Waals surface area contributed by atoms with E-state index in [1.54, 1.807) is 12.4 Å². The topological polar surface area (TPSA) is 51.2 Å². The SMILES string of the molecule is CC(C)OC(=O)CN[C@@H](C)c1cccnc1. The second-order valence-corrected chi connectivity index (χ2v) is 3.93. The van der Waals surface area contributed by atoms with Gasteiger partial charge in [0.15, 0.2) is 0 Å². The minimum Gasteiger partial charge on any atom is -0.462 e. The Hall–Kier alpha value is -1.42. The van der Waals surface area contributed by atoms with Crippen molar-refractivity contribution >= 4 is 5.97 Å². The molecule has 0 aromatic carbocycles. The molecular formula is C12H18N2O2. The summed E-state index contributed by atoms with van der Waals surface area (Å²) in [6.07, 6.45) is 3.44. The zero-order valence-electron chi connectivity index (χ0n) is 9.93. The number of hydrogen-bond donors (Lipinski definition) is 1. The largest absolute Gasteiger partial charge is 0.462 e. The molecule has 0 aliphatic carbocycles. The fraction of sp³-hybridized carbons (Fsp3) is 0.500. The van der Waals surface area contributed by atoms with E-state index in [4.69, 9.17) is 4.74 Å². The van der Waals surface area contributed by atoms with Gasteiger partial charge in [0.05, 0.1) is 12.6 Å². The van der Waals surface area contributed by atoms with Gasteiger partial charge in [-0.25, -0.2) is 0 Å². The maximum Gasteiger partial charge on any atom is 0.320 e. The van der Waals surface area contributed by atoms with Gasteiger partial charge in [-0.2, -0.15) is 0 Å². The van der Waals surface area contributed by atoms with Gasteiger partial charge in [0, 0.05) is 18.4 Å². The Balaban J connectivity index is 2.36. The van der Waals surface area contributed by atoms with Crippen LogP contribution in [0.5, 0.6) is 0 Å². The second-order valence-electron chi connectivity index (χ2n) is 3.93. The van der Waals surface area contributed by atoms with Crippen LogP contribution in [0.2, 0.25) is 0 Å². The Bertz CT molecular complexity index is 325. The van der Waals surface area contributed by atoms with E-state index in [1.165, 1.54) is 0 Å². The van der Waals surface area contributed by atoms with Crippen LogP contribution in [0.3, 0.4) is 0 Å². The van der Waals surface area contributed by atoms with Crippen LogP contribution in [0, 0.1) is 0 Å². The van der Waals surface area contributed by atoms with E-state index in [2.05, 4.69) is 10.3 Å². The molecule has 1 heterocycles. The molecule has 0 unspecified atom stereocenters. The summed E-state index contributed by atoms with van der Waals surface area (Å²) in [4.78, 5) is 15.3. The Morgan fingerprint density at radius 1 is 1.50 bits per heavy atom. The number of hydrogen-bond acceptors (Lipinski definition) is 4. The molecule has 0 radical (unpaired) electrons. The Morgan fingerprint density at radius 2 is 2.25 bits per heavy atom. The first-order valence-corrected chi connectivity index (χ1v) is 5.42. The normalized spacial score (nSPS) is 12.5. The van der Waals surface area contributed by atoms with Crippen LogP contribution in [0.25, 0.3) is 0 Å². The van der Waals surface area contributed by atoms with Crippen molar-refractivity contribution in [2.45, 2.75) is 32.9 Å². The van der Waals surface area contributed by atoms with Gasteiger partial charge in [-0.1, -0.05) is 6.07 Å². The molecule has 88 valence electrons. The molecular weight excluding hydrogens is 204 g/mol. The third kappa shape index (κ3) is 4.40. The van der Waals surface area contributed by atoms with Crippen LogP contribution in [-0.2, 0) is 9.53 Å². The van der Waals surface area contributed by atoms with Crippen molar-refractivity contribution in [2.75, 3.05) is 6.54 Å². The van der Waals surface area contributed by atoms with Gasteiger partial charge in [-0.15, -0.1) is 0 Å². The minimum absolute atomic E-state index is 0.0667. The molecule has 16 heavy (non-hydrogen) atoms. The van der Waals surface area contributed by atoms with E-state index in [0.29, 0.717) is 0 Å². The van der Waals surface area contributed by atoms with Crippen LogP contribution in [-0.4, -0.2) is 23.6 Å². The molecule has 0 amide bonds. The van der Waals surface area contributed by atoms with Crippen molar-refractivity contribution in [2.24, 2.45) is 0 Å². The third-order valence-electron chi connectivity index (χ3n) is 2.10. The van der Waals surface area contributed by atoms with Gasteiger partial charge in [-0.05, 0) is 32.4 Å². The van der Waals surface area contributed by atoms with Crippen molar-refractivity contribution in [1.29, 1.82) is 0 Å². The summed E-state index contributed by atoms with van der Waals surface area (Å²) >= 11 is 0. The van der Waals surface area contributed by atoms with Gasteiger partial charge in [-0.3, -0.25) is 9.78 Å². The van der Waals surface area contributed by atoms with Crippen molar-refractivity contribution < 1.29 is 9.53 Å². The molecule has 0 spiro atoms. The van der Waals surface area contributed by atoms with E-state index in [0.717, 1.165) is 5.56 Å². The van der Waals surface area contributed by atoms with Crippen LogP contribution in [0.15, 0.2) is 24.5 Å². The molecule has 0 saturated heterocycles. The number of aromatic nitrogens is 1. The Labute approximate surface area is 96.0 Å². The van der Waals surface area contributed by atoms with Crippen LogP contribution < -0.4 is 5.32 Å². The second kappa shape index (κ2) is 6.23. The third-order valence-corrected chi connectivity index (χ3v) is 2.10. The Morgan fingerprint density at radius 3 is 2.81 bits per heavy atom. The van der Waals surface area contributed by atoms with E-state index in [-0.39, 0.29) is 24.7 Å². The van der Waals surface area contributed by atoms with E-state index < -0.39 is 0 Å². The molecule has 1 atom stereocenters. The lowest BCUT2D eigenvalue weighted by molar-refractivity contribution is -0.146. The zero-order chi connectivity index (χ0) is 12.0. The van der Waals surface area contributed by atoms with Crippen LogP contribution in [0.4, 0.5) is 0 Å². The highest BCUT2D eigenvalue weighted by molar-refractivity contribution is 5.71. The lowest BCUT2D eigenvalue weighted by Gasteiger charge is -2.14. The summed E-state index contributed by atoms with van der Waals surface area (Å²) in [5.41, 5.74) is 1.06. The maximum absolute atomic E-state index is 11.3. The van der Waals surface area contributed by atoms with Gasteiger partial charge < -0.3 is 10.1 Å². The number of carbonyl (C=O) groups excluding carboxylic acids is 1. The highest BCUT2D eigenvalue weighted by Gasteiger charge is 2.09. The summed E-state index contributed by atoms with van der Waals surface area (Å²) in [7, 11) is 0. The number of rotatable bonds is 5. The molecule has 1 aromatic heterocycles. The molecule has 1 rings (SSSR count). The van der Waals surface area contributed by atoms with Crippen molar-refractivity contribution in [3.05, 3.63) is 30.1 Å². The smallest absolute Gasteiger partial charge is 0.320 e. The highest BCUT2D eigenvalue weighted by atomic mass is 16.5. The number of pyridine rings is 1. The standard InChI is InChI=1S/C12H18N2O2/c1-9(2)16-12(15)8-14-10(3)11-5-4-6-13-7-11/h4-7,9-10,14H,8H2,1-3H3/t10-/m0/s1. The van der Waals surface area contributed by atoms with Crippen molar-refractivity contribution in [3.63, 3.8) is 0 Å². The molecule has 0 fully saturated rings. The number of ether oxygens (including phenoxy) is 1. The molecule has 0 bridgehead atoms. The zero-order valence-corrected chi connectivity index (χ0v) is 9.93. The molecule has 1 aromatic rings. The lowest BCUT2D eigenvalue weighted by atomic mass is 10.1. The van der Waals surface area contributed by atoms with Gasteiger partial charge in [0.1, 0.15) is 0 Å². The average Bonchev–Trinajstić information content (AvgIpc) is 2.26. The van der Waals surface area contributed by atoms with Gasteiger partial charge in [0.25, 0.3) is 0 Å². The highest BCUT2D eigenvalue weighted by Crippen LogP contribution is 2.08. The first kappa shape index (κ1) is 12.6. The monoisotopic (exact) mass is 222 g/mol. The number of esters is 1. The fourth-order valence-electron chi connectivity index (χ4n) is 1.29. The number of carbonyl (C=O) groups is 1. The van der Waals surface area contributed by atoms with E-state index in [9.17, 15) is 4.79 Å². The summed E-state index contributed by atoms with van der Waals surface area (Å²) in [6.45, 7) is 5.87. The molecule has 4 heteroatoms. The van der Waals surface area contributed by atoms with Crippen molar-refractivity contribution in [1.82, 2.24) is 10.3 Å². The van der Waals surface area contributed by atoms with Crippen LogP contribution >= 0.6 is 0 Å². The first-order chi connectivity index (χ1) is 7.59. The average molecular weight is 222 g/mol. The quantitative estimate of drug-likeness (QED) is 0.770. The Kier molecular flexibility index (Phi) is 4.92. The lowest BCUT2D eigenvalue weighted by Crippen LogP contribution is -2.28. The molecule has 0 aliphatic heterocycles. The number of nitrogens with one attached hydrogen (secondary N) is 1. The van der Waals surface area contributed by atoms with Crippen LogP contribution in [0.1, 0.15) is 32.4 Å². The maximum atomic E-state index is 11.3. The molecule has 0 saturated carbocycles. The summed E-state index contributed by atoms with van der Waals surface area (Å²) < 4.78 is 5.02. The molecule has 4 nitrogen and oxygen atoms in total. The fourth-order valence-corrected chi connectivity index (χ4v) is 1.29. The first-order valence-electron chi connectivity index (χ1n) is 5.42. The molecule has 0 aliphatic rings. The van der Waals surface area contributed by atoms with Gasteiger partial charge in [0.2, 0.25) is 0 Å². The number of nitrogens with zero attached hydrogens (tertiary/aromatic N) is 1. The van der Waals surface area contributed by atoms with E-state index in [1.807, 2.05) is 32.9 Å². The molecule has 1 N–H and O–H groups in total. The summed E-state index contributed by atoms with van der Waals surface area (Å²) in [6, 6.07) is 3.94. The predicted octanol–water partition coefficient (Wildman–Crippen LogP) is 1.68. The van der Waals surface area contributed by atoms with E-state index >= 15 is 0 Å². The van der Waals surface area contributed by atoms with Gasteiger partial charge >= 0.3 is 5.97 Å². The minimum atomic E-state index is -0.231. The summed E-state index contributed by atoms with van der Waals surface area (Å²) in [5, 5.41) is 3.09. The summed E-state index contributed by atoms with van der Waals surface area (Å²) in [5.74, 6) is -0.231. The predicted molar refractivity (Wildman–Crippen MR) is 61.9 cm³/mol. The van der Waals surface area contributed by atoms with Crippen molar-refractivity contribution in [3.8, 4) is 0 Å².